The van der Waals surface area contributed by atoms with Crippen LogP contribution < -0.4 is 16.0 Å². The van der Waals surface area contributed by atoms with Crippen LogP contribution in [0.5, 0.6) is 0 Å². The van der Waals surface area contributed by atoms with Crippen LogP contribution in [0.15, 0.2) is 6.07 Å². The van der Waals surface area contributed by atoms with E-state index >= 15 is 0 Å². The highest BCUT2D eigenvalue weighted by molar-refractivity contribution is 5.99. The molecule has 0 radical (unpaired) electrons. The first-order valence-corrected chi connectivity index (χ1v) is 6.11. The summed E-state index contributed by atoms with van der Waals surface area (Å²) in [5.41, 5.74) is 8.41. The minimum absolute atomic E-state index is 0.421. The molecule has 1 aromatic heterocycles. The Kier molecular flexibility index (Phi) is 5.09. The lowest BCUT2D eigenvalue weighted by atomic mass is 10.1. The van der Waals surface area contributed by atoms with Crippen LogP contribution in [-0.2, 0) is 0 Å². The van der Waals surface area contributed by atoms with Crippen molar-refractivity contribution in [3.05, 3.63) is 23.0 Å². The van der Waals surface area contributed by atoms with Gasteiger partial charge >= 0.3 is 0 Å². The predicted molar refractivity (Wildman–Crippen MR) is 74.0 cm³/mol. The van der Waals surface area contributed by atoms with Crippen LogP contribution in [-0.4, -0.2) is 38.1 Å². The zero-order chi connectivity index (χ0) is 13.7. The van der Waals surface area contributed by atoms with Gasteiger partial charge in [0.15, 0.2) is 0 Å². The normalized spacial score (nSPS) is 10.4. The highest BCUT2D eigenvalue weighted by atomic mass is 16.1. The molecular weight excluding hydrogens is 228 g/mol. The Morgan fingerprint density at radius 3 is 2.72 bits per heavy atom. The Morgan fingerprint density at radius 2 is 2.17 bits per heavy atom. The summed E-state index contributed by atoms with van der Waals surface area (Å²) >= 11 is 0. The molecule has 1 amide bonds. The molecule has 1 rings (SSSR count). The number of hydrogen-bond donors (Lipinski definition) is 2. The summed E-state index contributed by atoms with van der Waals surface area (Å²) in [6.45, 7) is 5.55. The van der Waals surface area contributed by atoms with Gasteiger partial charge in [-0.3, -0.25) is 9.78 Å². The summed E-state index contributed by atoms with van der Waals surface area (Å²) < 4.78 is 0. The van der Waals surface area contributed by atoms with Gasteiger partial charge in [-0.15, -0.1) is 0 Å². The molecule has 0 saturated heterocycles. The van der Waals surface area contributed by atoms with Gasteiger partial charge in [0.2, 0.25) is 0 Å². The molecule has 100 valence electrons. The molecule has 1 heterocycles. The van der Waals surface area contributed by atoms with Crippen molar-refractivity contribution in [2.75, 3.05) is 32.1 Å². The van der Waals surface area contributed by atoms with Crippen LogP contribution in [0, 0.1) is 13.8 Å². The van der Waals surface area contributed by atoms with Gasteiger partial charge in [-0.2, -0.15) is 0 Å². The minimum Gasteiger partial charge on any atom is -0.374 e. The van der Waals surface area contributed by atoms with Gasteiger partial charge in [0.05, 0.1) is 16.9 Å². The number of primary amides is 1. The fraction of sp³-hybridized carbons (Fsp3) is 0.538. The average Bonchev–Trinajstić information content (AvgIpc) is 2.27. The SMILES string of the molecule is CNCCCN(C)c1cc(C)nc(C)c1C(N)=O. The van der Waals surface area contributed by atoms with Crippen molar-refractivity contribution in [2.45, 2.75) is 20.3 Å². The molecule has 0 aliphatic rings. The maximum atomic E-state index is 11.5. The molecule has 0 bridgehead atoms. The number of aryl methyl sites for hydroxylation is 2. The zero-order valence-electron chi connectivity index (χ0n) is 11.6. The van der Waals surface area contributed by atoms with E-state index in [1.807, 2.05) is 34.0 Å². The lowest BCUT2D eigenvalue weighted by Crippen LogP contribution is -2.26. The van der Waals surface area contributed by atoms with Crippen molar-refractivity contribution in [3.8, 4) is 0 Å². The molecule has 3 N–H and O–H groups in total. The third-order valence-corrected chi connectivity index (χ3v) is 2.89. The first-order valence-electron chi connectivity index (χ1n) is 6.11. The number of nitrogens with zero attached hydrogens (tertiary/aromatic N) is 2. The first-order chi connectivity index (χ1) is 8.47. The van der Waals surface area contributed by atoms with Gasteiger partial charge in [0.25, 0.3) is 5.91 Å². The summed E-state index contributed by atoms with van der Waals surface area (Å²) in [7, 11) is 3.89. The van der Waals surface area contributed by atoms with Crippen LogP contribution in [0.3, 0.4) is 0 Å². The van der Waals surface area contributed by atoms with Crippen molar-refractivity contribution < 1.29 is 4.79 Å². The first kappa shape index (κ1) is 14.4. The number of nitrogens with two attached hydrogens (primary N) is 1. The van der Waals surface area contributed by atoms with E-state index in [1.165, 1.54) is 0 Å². The molecule has 0 aromatic carbocycles. The molecule has 0 atom stereocenters. The van der Waals surface area contributed by atoms with Crippen LogP contribution in [0.25, 0.3) is 0 Å². The molecule has 0 spiro atoms. The Morgan fingerprint density at radius 1 is 1.50 bits per heavy atom. The number of pyridine rings is 1. The fourth-order valence-electron chi connectivity index (χ4n) is 2.03. The summed E-state index contributed by atoms with van der Waals surface area (Å²) in [4.78, 5) is 17.9. The molecule has 0 aliphatic carbocycles. The molecule has 18 heavy (non-hydrogen) atoms. The third kappa shape index (κ3) is 3.43. The maximum Gasteiger partial charge on any atom is 0.252 e. The van der Waals surface area contributed by atoms with E-state index in [-0.39, 0.29) is 0 Å². The van der Waals surface area contributed by atoms with Gasteiger partial charge in [-0.25, -0.2) is 0 Å². The Bertz CT molecular complexity index is 431. The number of carbonyl (C=O) groups excluding carboxylic acids is 1. The van der Waals surface area contributed by atoms with E-state index < -0.39 is 5.91 Å². The molecule has 5 nitrogen and oxygen atoms in total. The average molecular weight is 250 g/mol. The maximum absolute atomic E-state index is 11.5. The summed E-state index contributed by atoms with van der Waals surface area (Å²) in [6, 6.07) is 1.91. The Hall–Kier alpha value is -1.62. The quantitative estimate of drug-likeness (QED) is 0.734. The molecule has 0 unspecified atom stereocenters. The molecular formula is C13H22N4O. The second-order valence-corrected chi connectivity index (χ2v) is 4.49. The number of aromatic nitrogens is 1. The van der Waals surface area contributed by atoms with Gasteiger partial charge in [0.1, 0.15) is 0 Å². The largest absolute Gasteiger partial charge is 0.374 e. The summed E-state index contributed by atoms with van der Waals surface area (Å²) in [5, 5.41) is 3.10. The molecule has 0 saturated carbocycles. The standard InChI is InChI=1S/C13H22N4O/c1-9-8-11(17(4)7-5-6-15-3)12(13(14)18)10(2)16-9/h8,15H,5-7H2,1-4H3,(H2,14,18). The molecule has 1 aromatic rings. The van der Waals surface area contributed by atoms with E-state index in [0.717, 1.165) is 30.9 Å². The van der Waals surface area contributed by atoms with Crippen LogP contribution in [0.4, 0.5) is 5.69 Å². The zero-order valence-corrected chi connectivity index (χ0v) is 11.6. The number of nitrogens with one attached hydrogen (secondary N) is 1. The molecule has 5 heteroatoms. The lowest BCUT2D eigenvalue weighted by molar-refractivity contribution is 0.1000. The van der Waals surface area contributed by atoms with Crippen molar-refractivity contribution in [2.24, 2.45) is 5.73 Å². The van der Waals surface area contributed by atoms with Gasteiger partial charge in [0, 0.05) is 19.3 Å². The van der Waals surface area contributed by atoms with Gasteiger partial charge < -0.3 is 16.0 Å². The number of carbonyl (C=O) groups is 1. The van der Waals surface area contributed by atoms with Gasteiger partial charge in [-0.05, 0) is 39.9 Å². The van der Waals surface area contributed by atoms with Crippen LogP contribution in [0.2, 0.25) is 0 Å². The van der Waals surface area contributed by atoms with E-state index in [9.17, 15) is 4.79 Å². The third-order valence-electron chi connectivity index (χ3n) is 2.89. The van der Waals surface area contributed by atoms with Crippen LogP contribution >= 0.6 is 0 Å². The lowest BCUT2D eigenvalue weighted by Gasteiger charge is -2.22. The van der Waals surface area contributed by atoms with Crippen molar-refractivity contribution >= 4 is 11.6 Å². The number of hydrogen-bond acceptors (Lipinski definition) is 4. The fourth-order valence-corrected chi connectivity index (χ4v) is 2.03. The highest BCUT2D eigenvalue weighted by Crippen LogP contribution is 2.22. The molecule has 0 aliphatic heterocycles. The van der Waals surface area contributed by atoms with Gasteiger partial charge in [-0.1, -0.05) is 0 Å². The smallest absolute Gasteiger partial charge is 0.252 e. The van der Waals surface area contributed by atoms with E-state index in [2.05, 4.69) is 15.2 Å². The number of rotatable bonds is 6. The van der Waals surface area contributed by atoms with Crippen LogP contribution in [0.1, 0.15) is 28.2 Å². The van der Waals surface area contributed by atoms with E-state index in [0.29, 0.717) is 11.3 Å². The summed E-state index contributed by atoms with van der Waals surface area (Å²) in [5.74, 6) is -0.421. The minimum atomic E-state index is -0.421. The number of amides is 1. The number of anilines is 1. The highest BCUT2D eigenvalue weighted by Gasteiger charge is 2.16. The predicted octanol–water partition coefficient (Wildman–Crippen LogP) is 0.843. The monoisotopic (exact) mass is 250 g/mol. The van der Waals surface area contributed by atoms with Crippen molar-refractivity contribution in [1.29, 1.82) is 0 Å². The summed E-state index contributed by atoms with van der Waals surface area (Å²) in [6.07, 6.45) is 1.01. The van der Waals surface area contributed by atoms with Crippen molar-refractivity contribution in [1.82, 2.24) is 10.3 Å². The Labute approximate surface area is 108 Å². The van der Waals surface area contributed by atoms with Crippen molar-refractivity contribution in [3.63, 3.8) is 0 Å². The Balaban J connectivity index is 3.02. The molecule has 0 fully saturated rings. The van der Waals surface area contributed by atoms with E-state index in [4.69, 9.17) is 5.73 Å². The van der Waals surface area contributed by atoms with E-state index in [1.54, 1.807) is 0 Å². The second-order valence-electron chi connectivity index (χ2n) is 4.49. The topological polar surface area (TPSA) is 71.2 Å². The second kappa shape index (κ2) is 6.35.